The van der Waals surface area contributed by atoms with Gasteiger partial charge in [0, 0.05) is 19.1 Å². The minimum Gasteiger partial charge on any atom is -0.481 e. The molecule has 1 amide bonds. The summed E-state index contributed by atoms with van der Waals surface area (Å²) < 4.78 is 0. The van der Waals surface area contributed by atoms with Crippen LogP contribution < -0.4 is 0 Å². The zero-order valence-corrected chi connectivity index (χ0v) is 12.7. The largest absolute Gasteiger partial charge is 0.481 e. The number of nitrogens with zero attached hydrogens (tertiary/aromatic N) is 2. The van der Waals surface area contributed by atoms with Gasteiger partial charge in [0.25, 0.3) is 0 Å². The second-order valence-electron chi connectivity index (χ2n) is 6.88. The van der Waals surface area contributed by atoms with E-state index in [-0.39, 0.29) is 23.7 Å². The lowest BCUT2D eigenvalue weighted by Gasteiger charge is -2.38. The van der Waals surface area contributed by atoms with Crippen LogP contribution in [-0.4, -0.2) is 60.0 Å². The van der Waals surface area contributed by atoms with Crippen LogP contribution in [-0.2, 0) is 9.59 Å². The van der Waals surface area contributed by atoms with Gasteiger partial charge >= 0.3 is 5.97 Å². The molecule has 3 rings (SSSR count). The van der Waals surface area contributed by atoms with E-state index in [0.29, 0.717) is 6.04 Å². The number of amides is 1. The van der Waals surface area contributed by atoms with Crippen molar-refractivity contribution in [3.05, 3.63) is 12.2 Å². The van der Waals surface area contributed by atoms with Crippen LogP contribution in [0.25, 0.3) is 0 Å². The molecule has 0 aromatic carbocycles. The average Bonchev–Trinajstić information content (AvgIpc) is 3.07. The van der Waals surface area contributed by atoms with Crippen LogP contribution in [0.15, 0.2) is 12.2 Å². The number of piperidine rings is 1. The molecule has 0 aromatic heterocycles. The summed E-state index contributed by atoms with van der Waals surface area (Å²) in [6, 6.07) is 0.389. The predicted octanol–water partition coefficient (Wildman–Crippen LogP) is 1.06. The molecule has 5 atom stereocenters. The number of carboxylic acids is 1. The first-order chi connectivity index (χ1) is 9.99. The lowest BCUT2D eigenvalue weighted by Crippen LogP contribution is -2.51. The molecule has 1 saturated heterocycles. The average molecular weight is 292 g/mol. The van der Waals surface area contributed by atoms with Gasteiger partial charge in [-0.15, -0.1) is 0 Å². The molecule has 2 fully saturated rings. The van der Waals surface area contributed by atoms with Gasteiger partial charge in [0.2, 0.25) is 5.91 Å². The number of carboxylic acid groups (broad SMARTS) is 1. The van der Waals surface area contributed by atoms with Crippen LogP contribution in [0.1, 0.15) is 19.3 Å². The zero-order chi connectivity index (χ0) is 15.1. The van der Waals surface area contributed by atoms with Gasteiger partial charge in [0.15, 0.2) is 0 Å². The van der Waals surface area contributed by atoms with E-state index in [1.807, 2.05) is 25.1 Å². The number of fused-ring (bicyclic) bond motifs is 2. The summed E-state index contributed by atoms with van der Waals surface area (Å²) >= 11 is 0. The Bertz CT molecular complexity index is 474. The van der Waals surface area contributed by atoms with E-state index in [1.54, 1.807) is 0 Å². The maximum Gasteiger partial charge on any atom is 0.307 e. The molecule has 1 N–H and O–H groups in total. The van der Waals surface area contributed by atoms with Crippen LogP contribution in [0.3, 0.4) is 0 Å². The number of hydrogen-bond donors (Lipinski definition) is 1. The van der Waals surface area contributed by atoms with Gasteiger partial charge in [-0.3, -0.25) is 9.59 Å². The Morgan fingerprint density at radius 1 is 1.19 bits per heavy atom. The molecule has 1 heterocycles. The molecule has 0 radical (unpaired) electrons. The predicted molar refractivity (Wildman–Crippen MR) is 78.6 cm³/mol. The van der Waals surface area contributed by atoms with Crippen molar-refractivity contribution in [2.24, 2.45) is 23.7 Å². The molecule has 116 valence electrons. The fraction of sp³-hybridized carbons (Fsp3) is 0.750. The van der Waals surface area contributed by atoms with Crippen LogP contribution in [0.2, 0.25) is 0 Å². The smallest absolute Gasteiger partial charge is 0.307 e. The highest BCUT2D eigenvalue weighted by atomic mass is 16.4. The van der Waals surface area contributed by atoms with Crippen molar-refractivity contribution in [1.82, 2.24) is 9.80 Å². The minimum absolute atomic E-state index is 0.0517. The highest BCUT2D eigenvalue weighted by molar-refractivity contribution is 5.87. The molecular formula is C16H24N2O3. The topological polar surface area (TPSA) is 60.9 Å². The van der Waals surface area contributed by atoms with Crippen molar-refractivity contribution >= 4 is 11.9 Å². The molecule has 1 aliphatic heterocycles. The summed E-state index contributed by atoms with van der Waals surface area (Å²) in [5.74, 6) is -1.44. The molecule has 2 aliphatic carbocycles. The van der Waals surface area contributed by atoms with Crippen molar-refractivity contribution in [2.75, 3.05) is 27.2 Å². The van der Waals surface area contributed by atoms with Gasteiger partial charge in [-0.1, -0.05) is 12.2 Å². The number of hydrogen-bond acceptors (Lipinski definition) is 3. The number of rotatable bonds is 3. The summed E-state index contributed by atoms with van der Waals surface area (Å²) in [6.07, 6.45) is 6.99. The van der Waals surface area contributed by atoms with Gasteiger partial charge in [-0.25, -0.2) is 0 Å². The summed E-state index contributed by atoms with van der Waals surface area (Å²) in [5.41, 5.74) is 0. The van der Waals surface area contributed by atoms with E-state index >= 15 is 0 Å². The number of aliphatic carboxylic acids is 1. The molecular weight excluding hydrogens is 268 g/mol. The van der Waals surface area contributed by atoms with Gasteiger partial charge < -0.3 is 14.9 Å². The molecule has 5 heteroatoms. The maximum atomic E-state index is 12.9. The third-order valence-corrected chi connectivity index (χ3v) is 5.47. The highest BCUT2D eigenvalue weighted by Gasteiger charge is 2.52. The Balaban J connectivity index is 1.75. The van der Waals surface area contributed by atoms with Gasteiger partial charge in [-0.2, -0.15) is 0 Å². The van der Waals surface area contributed by atoms with Gasteiger partial charge in [0.05, 0.1) is 11.8 Å². The first-order valence-corrected chi connectivity index (χ1v) is 7.85. The number of allylic oxidation sites excluding steroid dienone is 2. The van der Waals surface area contributed by atoms with E-state index < -0.39 is 11.9 Å². The van der Waals surface area contributed by atoms with E-state index in [9.17, 15) is 14.7 Å². The second-order valence-corrected chi connectivity index (χ2v) is 6.88. The number of likely N-dealkylation sites (N-methyl/N-ethyl adjacent to an activating group) is 1. The standard InChI is InChI=1S/C16H24N2O3/c1-17(2)12-4-3-7-18(9-12)15(19)13-10-5-6-11(8-10)14(13)16(20)21/h5-6,10-14H,3-4,7-9H2,1-2H3,(H,20,21)/t10?,11?,12?,13-,14+/m0/s1. The molecule has 1 saturated carbocycles. The van der Waals surface area contributed by atoms with Crippen LogP contribution in [0.4, 0.5) is 0 Å². The molecule has 0 aromatic rings. The van der Waals surface area contributed by atoms with Crippen molar-refractivity contribution in [3.63, 3.8) is 0 Å². The fourth-order valence-electron chi connectivity index (χ4n) is 4.28. The molecule has 5 nitrogen and oxygen atoms in total. The van der Waals surface area contributed by atoms with Gasteiger partial charge in [-0.05, 0) is 45.2 Å². The Morgan fingerprint density at radius 2 is 1.86 bits per heavy atom. The molecule has 2 bridgehead atoms. The second kappa shape index (κ2) is 5.44. The van der Waals surface area contributed by atoms with Crippen molar-refractivity contribution in [3.8, 4) is 0 Å². The maximum absolute atomic E-state index is 12.9. The summed E-state index contributed by atoms with van der Waals surface area (Å²) in [6.45, 7) is 1.50. The third kappa shape index (κ3) is 2.48. The molecule has 0 spiro atoms. The molecule has 21 heavy (non-hydrogen) atoms. The summed E-state index contributed by atoms with van der Waals surface area (Å²) in [7, 11) is 4.08. The normalized spacial score (nSPS) is 38.2. The van der Waals surface area contributed by atoms with E-state index in [2.05, 4.69) is 11.0 Å². The highest BCUT2D eigenvalue weighted by Crippen LogP contribution is 2.48. The van der Waals surface area contributed by atoms with Crippen molar-refractivity contribution in [2.45, 2.75) is 25.3 Å². The number of carbonyl (C=O) groups excluding carboxylic acids is 1. The summed E-state index contributed by atoms with van der Waals surface area (Å²) in [4.78, 5) is 28.5. The molecule has 3 unspecified atom stereocenters. The van der Waals surface area contributed by atoms with Gasteiger partial charge in [0.1, 0.15) is 0 Å². The third-order valence-electron chi connectivity index (χ3n) is 5.47. The number of carbonyl (C=O) groups is 2. The van der Waals surface area contributed by atoms with E-state index in [1.165, 1.54) is 0 Å². The first kappa shape index (κ1) is 14.6. The SMILES string of the molecule is CN(C)C1CCCN(C(=O)[C@H]2C3C=CC(C3)[C@H]2C(=O)O)C1. The fourth-order valence-corrected chi connectivity index (χ4v) is 4.28. The van der Waals surface area contributed by atoms with Crippen LogP contribution in [0.5, 0.6) is 0 Å². The number of likely N-dealkylation sites (tertiary alicyclic amines) is 1. The van der Waals surface area contributed by atoms with Crippen LogP contribution >= 0.6 is 0 Å². The zero-order valence-electron chi connectivity index (χ0n) is 12.7. The Labute approximate surface area is 125 Å². The lowest BCUT2D eigenvalue weighted by molar-refractivity contribution is -0.151. The minimum atomic E-state index is -0.814. The molecule has 3 aliphatic rings. The Kier molecular flexibility index (Phi) is 3.78. The Hall–Kier alpha value is -1.36. The van der Waals surface area contributed by atoms with E-state index in [0.717, 1.165) is 32.4 Å². The first-order valence-electron chi connectivity index (χ1n) is 7.85. The monoisotopic (exact) mass is 292 g/mol. The summed E-state index contributed by atoms with van der Waals surface area (Å²) in [5, 5.41) is 9.48. The van der Waals surface area contributed by atoms with Crippen molar-refractivity contribution in [1.29, 1.82) is 0 Å². The van der Waals surface area contributed by atoms with Crippen LogP contribution in [0, 0.1) is 23.7 Å². The van der Waals surface area contributed by atoms with E-state index in [4.69, 9.17) is 0 Å². The Morgan fingerprint density at radius 3 is 2.48 bits per heavy atom. The lowest BCUT2D eigenvalue weighted by atomic mass is 9.81. The quantitative estimate of drug-likeness (QED) is 0.790. The van der Waals surface area contributed by atoms with Crippen molar-refractivity contribution < 1.29 is 14.7 Å².